The fourth-order valence-corrected chi connectivity index (χ4v) is 3.34. The van der Waals surface area contributed by atoms with Crippen molar-refractivity contribution in [2.45, 2.75) is 73.6 Å². The normalized spacial score (nSPS) is 12.5. The molecular formula is C31H44FN. The average molecular weight is 450 g/mol. The Morgan fingerprint density at radius 1 is 0.636 bits per heavy atom. The van der Waals surface area contributed by atoms with Crippen LogP contribution in [0.4, 0.5) is 4.39 Å². The lowest BCUT2D eigenvalue weighted by Crippen LogP contribution is -2.03. The lowest BCUT2D eigenvalue weighted by atomic mass is 9.90. The van der Waals surface area contributed by atoms with Crippen LogP contribution in [-0.4, -0.2) is 4.98 Å². The van der Waals surface area contributed by atoms with Crippen LogP contribution in [0.2, 0.25) is 0 Å². The standard InChI is InChI=1S/C11H15F.C11H16.C9H13N/c1-8(2)9(3)10-6-4-5-7-11(10)12;1-9(2)10(3)11-7-5-4-6-8-11;1-8(2)7-9-3-5-10-6-4-9/h4-9H,1-3H3;4-10H,1-3H3;3-6,8H,7H2,1-2H3. The lowest BCUT2D eigenvalue weighted by Gasteiger charge is -2.16. The number of aromatic nitrogens is 1. The Morgan fingerprint density at radius 2 is 1.15 bits per heavy atom. The van der Waals surface area contributed by atoms with Crippen molar-refractivity contribution in [2.24, 2.45) is 17.8 Å². The molecule has 1 heterocycles. The minimum absolute atomic E-state index is 0.0845. The van der Waals surface area contributed by atoms with Gasteiger partial charge in [-0.3, -0.25) is 4.98 Å². The van der Waals surface area contributed by atoms with Gasteiger partial charge in [0, 0.05) is 12.4 Å². The van der Waals surface area contributed by atoms with E-state index >= 15 is 0 Å². The highest BCUT2D eigenvalue weighted by atomic mass is 19.1. The van der Waals surface area contributed by atoms with Crippen LogP contribution in [0, 0.1) is 23.6 Å². The molecule has 0 radical (unpaired) electrons. The SMILES string of the molecule is CC(C)C(C)c1ccccc1.CC(C)C(C)c1ccccc1F.CC(C)Cc1ccncc1. The second kappa shape index (κ2) is 15.4. The quantitative estimate of drug-likeness (QED) is 0.365. The highest BCUT2D eigenvalue weighted by Gasteiger charge is 2.13. The fourth-order valence-electron chi connectivity index (χ4n) is 3.34. The summed E-state index contributed by atoms with van der Waals surface area (Å²) in [6.45, 7) is 17.5. The molecule has 180 valence electrons. The van der Waals surface area contributed by atoms with Gasteiger partial charge in [-0.05, 0) is 70.9 Å². The van der Waals surface area contributed by atoms with E-state index in [-0.39, 0.29) is 5.82 Å². The summed E-state index contributed by atoms with van der Waals surface area (Å²) in [5, 5.41) is 0. The van der Waals surface area contributed by atoms with Gasteiger partial charge in [-0.15, -0.1) is 0 Å². The summed E-state index contributed by atoms with van der Waals surface area (Å²) in [4.78, 5) is 3.95. The van der Waals surface area contributed by atoms with E-state index in [0.29, 0.717) is 17.8 Å². The molecule has 0 saturated carbocycles. The third-order valence-electron chi connectivity index (χ3n) is 6.11. The van der Waals surface area contributed by atoms with Gasteiger partial charge in [0.2, 0.25) is 0 Å². The second-order valence-electron chi connectivity index (χ2n) is 9.95. The third-order valence-corrected chi connectivity index (χ3v) is 6.11. The maximum Gasteiger partial charge on any atom is 0.126 e. The predicted molar refractivity (Wildman–Crippen MR) is 142 cm³/mol. The van der Waals surface area contributed by atoms with Gasteiger partial charge in [0.1, 0.15) is 5.82 Å². The van der Waals surface area contributed by atoms with Crippen molar-refractivity contribution in [1.29, 1.82) is 0 Å². The van der Waals surface area contributed by atoms with Gasteiger partial charge in [-0.25, -0.2) is 4.39 Å². The first-order valence-corrected chi connectivity index (χ1v) is 12.3. The molecule has 0 aliphatic rings. The van der Waals surface area contributed by atoms with Crippen molar-refractivity contribution >= 4 is 0 Å². The Morgan fingerprint density at radius 3 is 1.64 bits per heavy atom. The van der Waals surface area contributed by atoms with Crippen LogP contribution in [0.5, 0.6) is 0 Å². The van der Waals surface area contributed by atoms with Crippen LogP contribution >= 0.6 is 0 Å². The number of hydrogen-bond acceptors (Lipinski definition) is 1. The molecule has 0 amide bonds. The monoisotopic (exact) mass is 449 g/mol. The molecular weight excluding hydrogens is 405 g/mol. The molecule has 3 aromatic rings. The largest absolute Gasteiger partial charge is 0.265 e. The molecule has 2 unspecified atom stereocenters. The average Bonchev–Trinajstić information content (AvgIpc) is 2.80. The molecule has 0 aliphatic carbocycles. The molecule has 33 heavy (non-hydrogen) atoms. The van der Waals surface area contributed by atoms with Crippen molar-refractivity contribution < 1.29 is 4.39 Å². The number of nitrogens with zero attached hydrogens (tertiary/aromatic N) is 1. The van der Waals surface area contributed by atoms with Crippen molar-refractivity contribution in [2.75, 3.05) is 0 Å². The number of benzene rings is 2. The third kappa shape index (κ3) is 11.3. The zero-order valence-corrected chi connectivity index (χ0v) is 21.9. The van der Waals surface area contributed by atoms with Crippen LogP contribution in [0.1, 0.15) is 83.9 Å². The molecule has 0 N–H and O–H groups in total. The van der Waals surface area contributed by atoms with Crippen LogP contribution in [0.25, 0.3) is 0 Å². The maximum atomic E-state index is 13.2. The number of hydrogen-bond donors (Lipinski definition) is 0. The van der Waals surface area contributed by atoms with Gasteiger partial charge >= 0.3 is 0 Å². The molecule has 1 nitrogen and oxygen atoms in total. The summed E-state index contributed by atoms with van der Waals surface area (Å²) in [5.74, 6) is 2.85. The van der Waals surface area contributed by atoms with Gasteiger partial charge in [0.15, 0.2) is 0 Å². The predicted octanol–water partition coefficient (Wildman–Crippen LogP) is 9.31. The van der Waals surface area contributed by atoms with Crippen molar-refractivity contribution in [1.82, 2.24) is 4.98 Å². The number of halogens is 1. The fraction of sp³-hybridized carbons (Fsp3) is 0.452. The van der Waals surface area contributed by atoms with E-state index in [4.69, 9.17) is 0 Å². The molecule has 0 bridgehead atoms. The molecule has 0 saturated heterocycles. The Bertz CT molecular complexity index is 872. The van der Waals surface area contributed by atoms with Gasteiger partial charge in [0.05, 0.1) is 0 Å². The van der Waals surface area contributed by atoms with E-state index in [2.05, 4.69) is 103 Å². The second-order valence-corrected chi connectivity index (χ2v) is 9.95. The molecule has 0 fully saturated rings. The maximum absolute atomic E-state index is 13.2. The summed E-state index contributed by atoms with van der Waals surface area (Å²) in [5.41, 5.74) is 3.65. The minimum atomic E-state index is -0.0845. The molecule has 2 heteroatoms. The van der Waals surface area contributed by atoms with Crippen LogP contribution in [0.15, 0.2) is 79.1 Å². The van der Waals surface area contributed by atoms with Gasteiger partial charge in [-0.1, -0.05) is 104 Å². The summed E-state index contributed by atoms with van der Waals surface area (Å²) in [6.07, 6.45) is 4.85. The summed E-state index contributed by atoms with van der Waals surface area (Å²) in [6, 6.07) is 21.8. The molecule has 2 aromatic carbocycles. The van der Waals surface area contributed by atoms with E-state index in [0.717, 1.165) is 23.8 Å². The Balaban J connectivity index is 0.000000249. The first-order chi connectivity index (χ1) is 15.6. The van der Waals surface area contributed by atoms with E-state index in [1.807, 2.05) is 24.5 Å². The first-order valence-electron chi connectivity index (χ1n) is 12.3. The zero-order chi connectivity index (χ0) is 24.8. The van der Waals surface area contributed by atoms with Crippen LogP contribution in [0.3, 0.4) is 0 Å². The van der Waals surface area contributed by atoms with E-state index in [9.17, 15) is 4.39 Å². The molecule has 2 atom stereocenters. The van der Waals surface area contributed by atoms with E-state index < -0.39 is 0 Å². The Kier molecular flexibility index (Phi) is 13.3. The summed E-state index contributed by atoms with van der Waals surface area (Å²) >= 11 is 0. The highest BCUT2D eigenvalue weighted by Crippen LogP contribution is 2.25. The Hall–Kier alpha value is -2.48. The molecule has 0 aliphatic heterocycles. The summed E-state index contributed by atoms with van der Waals surface area (Å²) in [7, 11) is 0. The molecule has 1 aromatic heterocycles. The Labute approximate surface area is 202 Å². The topological polar surface area (TPSA) is 12.9 Å². The lowest BCUT2D eigenvalue weighted by molar-refractivity contribution is 0.501. The van der Waals surface area contributed by atoms with Crippen LogP contribution < -0.4 is 0 Å². The summed E-state index contributed by atoms with van der Waals surface area (Å²) < 4.78 is 13.2. The van der Waals surface area contributed by atoms with Crippen LogP contribution in [-0.2, 0) is 6.42 Å². The van der Waals surface area contributed by atoms with Crippen molar-refractivity contribution in [3.05, 3.63) is 102 Å². The minimum Gasteiger partial charge on any atom is -0.265 e. The van der Waals surface area contributed by atoms with Crippen molar-refractivity contribution in [3.63, 3.8) is 0 Å². The number of pyridine rings is 1. The molecule has 0 spiro atoms. The van der Waals surface area contributed by atoms with Gasteiger partial charge in [0.25, 0.3) is 0 Å². The van der Waals surface area contributed by atoms with Crippen molar-refractivity contribution in [3.8, 4) is 0 Å². The zero-order valence-electron chi connectivity index (χ0n) is 21.9. The smallest absolute Gasteiger partial charge is 0.126 e. The van der Waals surface area contributed by atoms with E-state index in [1.165, 1.54) is 17.2 Å². The van der Waals surface area contributed by atoms with Gasteiger partial charge in [-0.2, -0.15) is 0 Å². The highest BCUT2D eigenvalue weighted by molar-refractivity contribution is 5.21. The number of rotatable bonds is 6. The van der Waals surface area contributed by atoms with Gasteiger partial charge < -0.3 is 0 Å². The van der Waals surface area contributed by atoms with E-state index in [1.54, 1.807) is 6.07 Å². The first kappa shape index (κ1) is 28.6. The molecule has 3 rings (SSSR count).